The molecule has 0 bridgehead atoms. The molecule has 0 aliphatic carbocycles. The Balaban J connectivity index is 2.26. The molecular weight excluding hydrogens is 256 g/mol. The van der Waals surface area contributed by atoms with E-state index in [1.54, 1.807) is 11.8 Å². The molecule has 1 amide bonds. The molecule has 1 aliphatic rings. The zero-order chi connectivity index (χ0) is 14.7. The fraction of sp³-hybridized carbons (Fsp3) is 0.467. The second-order valence-electron chi connectivity index (χ2n) is 5.07. The maximum Gasteiger partial charge on any atom is 0.321 e. The lowest BCUT2D eigenvalue weighted by atomic mass is 9.92. The third-order valence-electron chi connectivity index (χ3n) is 3.80. The standard InChI is InChI=1S/C15H20N2O3/c1-3-16-14(18)10(2)17-9-12-7-5-4-6-11(12)8-13(17)15(19)20/h4-7,10,13H,3,8-9H2,1-2H3,(H,16,18)(H,19,20). The summed E-state index contributed by atoms with van der Waals surface area (Å²) in [7, 11) is 0. The summed E-state index contributed by atoms with van der Waals surface area (Å²) in [6.07, 6.45) is 0.440. The van der Waals surface area contributed by atoms with Crippen LogP contribution in [0.5, 0.6) is 0 Å². The third-order valence-corrected chi connectivity index (χ3v) is 3.80. The molecule has 2 atom stereocenters. The first kappa shape index (κ1) is 14.5. The van der Waals surface area contributed by atoms with Crippen LogP contribution >= 0.6 is 0 Å². The summed E-state index contributed by atoms with van der Waals surface area (Å²) in [6.45, 7) is 4.65. The lowest BCUT2D eigenvalue weighted by Crippen LogP contribution is -2.54. The van der Waals surface area contributed by atoms with Gasteiger partial charge in [0.15, 0.2) is 0 Å². The van der Waals surface area contributed by atoms with E-state index in [9.17, 15) is 14.7 Å². The number of nitrogens with zero attached hydrogens (tertiary/aromatic N) is 1. The maximum absolute atomic E-state index is 12.0. The van der Waals surface area contributed by atoms with E-state index in [2.05, 4.69) is 5.32 Å². The van der Waals surface area contributed by atoms with E-state index in [4.69, 9.17) is 0 Å². The molecule has 108 valence electrons. The average Bonchev–Trinajstić information content (AvgIpc) is 2.45. The summed E-state index contributed by atoms with van der Waals surface area (Å²) in [6, 6.07) is 6.70. The number of carboxylic acid groups (broad SMARTS) is 1. The molecule has 0 saturated heterocycles. The van der Waals surface area contributed by atoms with Crippen molar-refractivity contribution in [2.24, 2.45) is 0 Å². The van der Waals surface area contributed by atoms with Crippen LogP contribution in [-0.2, 0) is 22.6 Å². The van der Waals surface area contributed by atoms with Gasteiger partial charge in [-0.05, 0) is 31.4 Å². The van der Waals surface area contributed by atoms with Gasteiger partial charge in [0.1, 0.15) is 6.04 Å². The number of hydrogen-bond donors (Lipinski definition) is 2. The van der Waals surface area contributed by atoms with Crippen molar-refractivity contribution in [3.63, 3.8) is 0 Å². The molecule has 2 unspecified atom stereocenters. The van der Waals surface area contributed by atoms with Crippen molar-refractivity contribution in [1.29, 1.82) is 0 Å². The van der Waals surface area contributed by atoms with Gasteiger partial charge in [-0.2, -0.15) is 0 Å². The molecule has 1 aliphatic heterocycles. The van der Waals surface area contributed by atoms with Crippen LogP contribution in [0.4, 0.5) is 0 Å². The third kappa shape index (κ3) is 2.82. The van der Waals surface area contributed by atoms with E-state index in [-0.39, 0.29) is 5.91 Å². The van der Waals surface area contributed by atoms with Crippen LogP contribution in [0.2, 0.25) is 0 Å². The second-order valence-corrected chi connectivity index (χ2v) is 5.07. The summed E-state index contributed by atoms with van der Waals surface area (Å²) in [5.74, 6) is -1.01. The molecule has 0 aromatic heterocycles. The van der Waals surface area contributed by atoms with Gasteiger partial charge in [-0.25, -0.2) is 0 Å². The number of rotatable bonds is 4. The van der Waals surface area contributed by atoms with Crippen molar-refractivity contribution in [2.45, 2.75) is 38.9 Å². The molecule has 0 spiro atoms. The first-order valence-corrected chi connectivity index (χ1v) is 6.87. The van der Waals surface area contributed by atoms with Crippen molar-refractivity contribution < 1.29 is 14.7 Å². The number of fused-ring (bicyclic) bond motifs is 1. The first-order valence-electron chi connectivity index (χ1n) is 6.87. The van der Waals surface area contributed by atoms with Gasteiger partial charge in [-0.15, -0.1) is 0 Å². The topological polar surface area (TPSA) is 69.6 Å². The van der Waals surface area contributed by atoms with Crippen molar-refractivity contribution in [1.82, 2.24) is 10.2 Å². The largest absolute Gasteiger partial charge is 0.480 e. The summed E-state index contributed by atoms with van der Waals surface area (Å²) >= 11 is 0. The lowest BCUT2D eigenvalue weighted by Gasteiger charge is -2.37. The van der Waals surface area contributed by atoms with Crippen LogP contribution in [0, 0.1) is 0 Å². The number of nitrogens with one attached hydrogen (secondary N) is 1. The summed E-state index contributed by atoms with van der Waals surface area (Å²) in [5.41, 5.74) is 2.15. The van der Waals surface area contributed by atoms with Crippen LogP contribution in [0.1, 0.15) is 25.0 Å². The molecule has 0 saturated carbocycles. The van der Waals surface area contributed by atoms with Crippen molar-refractivity contribution in [3.05, 3.63) is 35.4 Å². The molecule has 1 aromatic rings. The quantitative estimate of drug-likeness (QED) is 0.861. The zero-order valence-corrected chi connectivity index (χ0v) is 11.8. The lowest BCUT2D eigenvalue weighted by molar-refractivity contribution is -0.146. The number of amides is 1. The molecule has 5 nitrogen and oxygen atoms in total. The van der Waals surface area contributed by atoms with E-state index in [0.717, 1.165) is 11.1 Å². The molecule has 20 heavy (non-hydrogen) atoms. The maximum atomic E-state index is 12.0. The number of likely N-dealkylation sites (N-methyl/N-ethyl adjacent to an activating group) is 1. The van der Waals surface area contributed by atoms with E-state index >= 15 is 0 Å². The van der Waals surface area contributed by atoms with E-state index in [1.807, 2.05) is 31.2 Å². The Morgan fingerprint density at radius 2 is 2.05 bits per heavy atom. The molecule has 1 heterocycles. The number of aliphatic carboxylic acids is 1. The van der Waals surface area contributed by atoms with Gasteiger partial charge in [0.05, 0.1) is 6.04 Å². The fourth-order valence-corrected chi connectivity index (χ4v) is 2.65. The minimum absolute atomic E-state index is 0.127. The molecule has 0 fully saturated rings. The Kier molecular flexibility index (Phi) is 4.39. The highest BCUT2D eigenvalue weighted by Gasteiger charge is 2.36. The van der Waals surface area contributed by atoms with Crippen molar-refractivity contribution in [2.75, 3.05) is 6.54 Å². The van der Waals surface area contributed by atoms with Crippen LogP contribution in [0.15, 0.2) is 24.3 Å². The van der Waals surface area contributed by atoms with Gasteiger partial charge in [-0.3, -0.25) is 14.5 Å². The fourth-order valence-electron chi connectivity index (χ4n) is 2.65. The number of carboxylic acids is 1. The molecule has 2 N–H and O–H groups in total. The van der Waals surface area contributed by atoms with Gasteiger partial charge >= 0.3 is 5.97 Å². The molecular formula is C15H20N2O3. The molecule has 1 aromatic carbocycles. The summed E-state index contributed by atoms with van der Waals surface area (Å²) in [5, 5.41) is 12.2. The number of hydrogen-bond acceptors (Lipinski definition) is 3. The number of carbonyl (C=O) groups excluding carboxylic acids is 1. The normalized spacial score (nSPS) is 20.0. The number of benzene rings is 1. The molecule has 5 heteroatoms. The van der Waals surface area contributed by atoms with Gasteiger partial charge in [0.25, 0.3) is 0 Å². The monoisotopic (exact) mass is 276 g/mol. The Morgan fingerprint density at radius 1 is 1.40 bits per heavy atom. The van der Waals surface area contributed by atoms with E-state index in [0.29, 0.717) is 19.5 Å². The molecule has 0 radical (unpaired) electrons. The average molecular weight is 276 g/mol. The van der Waals surface area contributed by atoms with Gasteiger partial charge < -0.3 is 10.4 Å². The van der Waals surface area contributed by atoms with Gasteiger partial charge in [-0.1, -0.05) is 24.3 Å². The Labute approximate surface area is 118 Å². The first-order chi connectivity index (χ1) is 9.54. The van der Waals surface area contributed by atoms with Crippen LogP contribution in [0.3, 0.4) is 0 Å². The van der Waals surface area contributed by atoms with Crippen molar-refractivity contribution >= 4 is 11.9 Å². The Hall–Kier alpha value is -1.88. The summed E-state index contributed by atoms with van der Waals surface area (Å²) in [4.78, 5) is 25.2. The Bertz CT molecular complexity index is 516. The van der Waals surface area contributed by atoms with Crippen LogP contribution in [0.25, 0.3) is 0 Å². The predicted molar refractivity (Wildman–Crippen MR) is 75.3 cm³/mol. The Morgan fingerprint density at radius 3 is 2.65 bits per heavy atom. The number of carbonyl (C=O) groups is 2. The van der Waals surface area contributed by atoms with E-state index in [1.165, 1.54) is 0 Å². The second kappa shape index (κ2) is 6.05. The van der Waals surface area contributed by atoms with E-state index < -0.39 is 18.1 Å². The highest BCUT2D eigenvalue weighted by molar-refractivity contribution is 5.83. The predicted octanol–water partition coefficient (Wildman–Crippen LogP) is 1.02. The zero-order valence-electron chi connectivity index (χ0n) is 11.8. The minimum Gasteiger partial charge on any atom is -0.480 e. The van der Waals surface area contributed by atoms with Crippen molar-refractivity contribution in [3.8, 4) is 0 Å². The van der Waals surface area contributed by atoms with Gasteiger partial charge in [0, 0.05) is 13.1 Å². The van der Waals surface area contributed by atoms with Crippen LogP contribution < -0.4 is 5.32 Å². The summed E-state index contributed by atoms with van der Waals surface area (Å²) < 4.78 is 0. The van der Waals surface area contributed by atoms with Gasteiger partial charge in [0.2, 0.25) is 5.91 Å². The minimum atomic E-state index is -0.879. The SMILES string of the molecule is CCNC(=O)C(C)N1Cc2ccccc2CC1C(=O)O. The molecule has 2 rings (SSSR count). The highest BCUT2D eigenvalue weighted by atomic mass is 16.4. The van der Waals surface area contributed by atoms with Crippen LogP contribution in [-0.4, -0.2) is 40.5 Å². The smallest absolute Gasteiger partial charge is 0.321 e. The highest BCUT2D eigenvalue weighted by Crippen LogP contribution is 2.25.